The molecule has 2 aromatic rings. The van der Waals surface area contributed by atoms with Crippen LogP contribution < -0.4 is 4.74 Å². The summed E-state index contributed by atoms with van der Waals surface area (Å²) in [5.41, 5.74) is 1.48. The van der Waals surface area contributed by atoms with Gasteiger partial charge in [-0.1, -0.05) is 23.9 Å². The molecule has 8 heteroatoms. The van der Waals surface area contributed by atoms with Gasteiger partial charge in [-0.15, -0.1) is 0 Å². The third kappa shape index (κ3) is 5.75. The predicted molar refractivity (Wildman–Crippen MR) is 129 cm³/mol. The highest BCUT2D eigenvalue weighted by Gasteiger charge is 2.35. The van der Waals surface area contributed by atoms with Crippen LogP contribution in [0.3, 0.4) is 0 Å². The molecule has 0 spiro atoms. The van der Waals surface area contributed by atoms with Crippen molar-refractivity contribution in [1.29, 1.82) is 0 Å². The Kier molecular flexibility index (Phi) is 8.41. The van der Waals surface area contributed by atoms with Crippen LogP contribution in [0.25, 0.3) is 0 Å². The van der Waals surface area contributed by atoms with E-state index in [1.165, 1.54) is 16.7 Å². The molecule has 0 bridgehead atoms. The molecule has 2 aromatic carbocycles. The van der Waals surface area contributed by atoms with Crippen LogP contribution in [-0.2, 0) is 4.74 Å². The van der Waals surface area contributed by atoms with Gasteiger partial charge in [0.1, 0.15) is 5.75 Å². The number of thioether (sulfide) groups is 1. The summed E-state index contributed by atoms with van der Waals surface area (Å²) in [6, 6.07) is 13.8. The molecular formula is C24H25NO5S2. The van der Waals surface area contributed by atoms with Gasteiger partial charge < -0.3 is 9.47 Å². The fraction of sp³-hybridized carbons (Fsp3) is 0.333. The molecule has 0 radical (unpaired) electrons. The normalized spacial score (nSPS) is 13.6. The molecule has 0 aromatic heterocycles. The predicted octanol–water partition coefficient (Wildman–Crippen LogP) is 4.77. The first-order valence-corrected chi connectivity index (χ1v) is 11.7. The Bertz CT molecular complexity index is 971. The molecule has 1 unspecified atom stereocenters. The van der Waals surface area contributed by atoms with E-state index in [1.807, 2.05) is 6.92 Å². The SMILES string of the molecule is CCOC(=S)SC(CCC(=O)c1ccc(OC)cc1)CCN1C(=O)c2ccccc2C1=O. The number of ketones is 1. The van der Waals surface area contributed by atoms with Gasteiger partial charge in [-0.25, -0.2) is 0 Å². The molecule has 0 aliphatic carbocycles. The Morgan fingerprint density at radius 2 is 1.66 bits per heavy atom. The van der Waals surface area contributed by atoms with Crippen molar-refractivity contribution in [3.8, 4) is 5.75 Å². The molecule has 2 amide bonds. The summed E-state index contributed by atoms with van der Waals surface area (Å²) in [6.07, 6.45) is 1.38. The minimum atomic E-state index is -0.281. The number of amides is 2. The lowest BCUT2D eigenvalue weighted by molar-refractivity contribution is 0.0651. The standard InChI is InChI=1S/C24H25NO5S2/c1-3-30-24(31)32-18(12-13-21(26)16-8-10-17(29-2)11-9-16)14-15-25-22(27)19-6-4-5-7-20(19)23(25)28/h4-11,18H,3,12-15H2,1-2H3. The van der Waals surface area contributed by atoms with E-state index in [0.717, 1.165) is 0 Å². The van der Waals surface area contributed by atoms with Crippen LogP contribution >= 0.6 is 24.0 Å². The van der Waals surface area contributed by atoms with Gasteiger partial charge in [0, 0.05) is 23.8 Å². The summed E-state index contributed by atoms with van der Waals surface area (Å²) < 4.78 is 10.9. The maximum absolute atomic E-state index is 12.6. The summed E-state index contributed by atoms with van der Waals surface area (Å²) in [5, 5.41) is -0.0689. The van der Waals surface area contributed by atoms with Crippen LogP contribution in [0.4, 0.5) is 0 Å². The van der Waals surface area contributed by atoms with Gasteiger partial charge in [-0.2, -0.15) is 0 Å². The summed E-state index contributed by atoms with van der Waals surface area (Å²) in [4.78, 5) is 39.2. The summed E-state index contributed by atoms with van der Waals surface area (Å²) in [6.45, 7) is 2.57. The van der Waals surface area contributed by atoms with E-state index >= 15 is 0 Å². The van der Waals surface area contributed by atoms with E-state index < -0.39 is 0 Å². The Morgan fingerprint density at radius 3 is 2.22 bits per heavy atom. The van der Waals surface area contributed by atoms with E-state index in [4.69, 9.17) is 21.7 Å². The number of benzene rings is 2. The smallest absolute Gasteiger partial charge is 0.261 e. The Balaban J connectivity index is 1.62. The lowest BCUT2D eigenvalue weighted by Crippen LogP contribution is -2.32. The van der Waals surface area contributed by atoms with Crippen molar-refractivity contribution in [2.24, 2.45) is 0 Å². The van der Waals surface area contributed by atoms with Crippen molar-refractivity contribution in [3.05, 3.63) is 65.2 Å². The number of fused-ring (bicyclic) bond motifs is 1. The quantitative estimate of drug-likeness (QED) is 0.281. The number of Topliss-reactive ketones (excluding diaryl/α,β-unsaturated/α-hetero) is 1. The number of hydrogen-bond acceptors (Lipinski definition) is 7. The van der Waals surface area contributed by atoms with E-state index in [1.54, 1.807) is 55.6 Å². The highest BCUT2D eigenvalue weighted by atomic mass is 32.2. The maximum Gasteiger partial charge on any atom is 0.261 e. The van der Waals surface area contributed by atoms with E-state index in [0.29, 0.717) is 52.7 Å². The van der Waals surface area contributed by atoms with Gasteiger partial charge in [0.15, 0.2) is 5.78 Å². The van der Waals surface area contributed by atoms with Gasteiger partial charge in [0.2, 0.25) is 4.38 Å². The number of methoxy groups -OCH3 is 1. The summed E-state index contributed by atoms with van der Waals surface area (Å²) in [5.74, 6) is 0.145. The molecule has 1 heterocycles. The van der Waals surface area contributed by atoms with Crippen molar-refractivity contribution < 1.29 is 23.9 Å². The second-order valence-corrected chi connectivity index (χ2v) is 9.11. The highest BCUT2D eigenvalue weighted by Crippen LogP contribution is 2.27. The zero-order chi connectivity index (χ0) is 23.1. The van der Waals surface area contributed by atoms with Crippen molar-refractivity contribution in [2.75, 3.05) is 20.3 Å². The molecule has 6 nitrogen and oxygen atoms in total. The number of hydrogen-bond donors (Lipinski definition) is 0. The molecule has 0 saturated carbocycles. The van der Waals surface area contributed by atoms with Crippen LogP contribution in [0.1, 0.15) is 57.3 Å². The minimum Gasteiger partial charge on any atom is -0.497 e. The van der Waals surface area contributed by atoms with Crippen LogP contribution in [-0.4, -0.2) is 52.4 Å². The van der Waals surface area contributed by atoms with Gasteiger partial charge in [-0.3, -0.25) is 19.3 Å². The fourth-order valence-corrected chi connectivity index (χ4v) is 4.92. The van der Waals surface area contributed by atoms with Gasteiger partial charge in [0.25, 0.3) is 11.8 Å². The molecule has 1 aliphatic rings. The first-order valence-electron chi connectivity index (χ1n) is 10.4. The van der Waals surface area contributed by atoms with Crippen molar-refractivity contribution in [1.82, 2.24) is 4.90 Å². The molecule has 1 atom stereocenters. The lowest BCUT2D eigenvalue weighted by Gasteiger charge is -2.20. The number of ether oxygens (including phenoxy) is 2. The highest BCUT2D eigenvalue weighted by molar-refractivity contribution is 8.23. The van der Waals surface area contributed by atoms with Crippen LogP contribution in [0.5, 0.6) is 5.75 Å². The van der Waals surface area contributed by atoms with Gasteiger partial charge >= 0.3 is 0 Å². The molecule has 0 N–H and O–H groups in total. The minimum absolute atomic E-state index is 0.0151. The summed E-state index contributed by atoms with van der Waals surface area (Å²) in [7, 11) is 1.58. The van der Waals surface area contributed by atoms with E-state index in [-0.39, 0.29) is 29.4 Å². The summed E-state index contributed by atoms with van der Waals surface area (Å²) >= 11 is 6.65. The lowest BCUT2D eigenvalue weighted by atomic mass is 10.0. The van der Waals surface area contributed by atoms with Gasteiger partial charge in [0.05, 0.1) is 24.8 Å². The fourth-order valence-electron chi connectivity index (χ4n) is 3.48. The van der Waals surface area contributed by atoms with Crippen molar-refractivity contribution in [3.63, 3.8) is 0 Å². The molecule has 0 saturated heterocycles. The molecule has 32 heavy (non-hydrogen) atoms. The van der Waals surface area contributed by atoms with Crippen LogP contribution in [0, 0.1) is 0 Å². The number of rotatable bonds is 10. The number of thiocarbonyl (C=S) groups is 1. The number of nitrogens with zero attached hydrogens (tertiary/aromatic N) is 1. The van der Waals surface area contributed by atoms with Crippen LogP contribution in [0.15, 0.2) is 48.5 Å². The first-order chi connectivity index (χ1) is 15.4. The average Bonchev–Trinajstić information content (AvgIpc) is 3.05. The van der Waals surface area contributed by atoms with Crippen molar-refractivity contribution in [2.45, 2.75) is 31.4 Å². The first kappa shape index (κ1) is 23.9. The van der Waals surface area contributed by atoms with E-state index in [9.17, 15) is 14.4 Å². The second kappa shape index (κ2) is 11.2. The Morgan fingerprint density at radius 1 is 1.03 bits per heavy atom. The maximum atomic E-state index is 12.6. The average molecular weight is 472 g/mol. The largest absolute Gasteiger partial charge is 0.497 e. The number of carbonyl (C=O) groups excluding carboxylic acids is 3. The zero-order valence-corrected chi connectivity index (χ0v) is 19.7. The molecule has 168 valence electrons. The van der Waals surface area contributed by atoms with Crippen molar-refractivity contribution >= 4 is 46.0 Å². The van der Waals surface area contributed by atoms with Crippen LogP contribution in [0.2, 0.25) is 0 Å². The Labute approximate surface area is 197 Å². The number of imide groups is 1. The third-order valence-electron chi connectivity index (χ3n) is 5.18. The number of carbonyl (C=O) groups is 3. The molecule has 3 rings (SSSR count). The topological polar surface area (TPSA) is 72.9 Å². The second-order valence-electron chi connectivity index (χ2n) is 7.21. The molecule has 0 fully saturated rings. The van der Waals surface area contributed by atoms with E-state index in [2.05, 4.69) is 0 Å². The molecular weight excluding hydrogens is 446 g/mol. The molecule has 1 aliphatic heterocycles. The van der Waals surface area contributed by atoms with Gasteiger partial charge in [-0.05, 0) is 68.4 Å². The zero-order valence-electron chi connectivity index (χ0n) is 18.0. The third-order valence-corrected chi connectivity index (χ3v) is 6.70. The monoisotopic (exact) mass is 471 g/mol. The Hall–Kier alpha value is -2.71.